The molecule has 106 valence electrons. The molecule has 0 aliphatic heterocycles. The summed E-state index contributed by atoms with van der Waals surface area (Å²) in [6.45, 7) is 3.67. The van der Waals surface area contributed by atoms with Crippen molar-refractivity contribution >= 4 is 34.4 Å². The number of amides is 1. The first-order valence-corrected chi connectivity index (χ1v) is 6.53. The van der Waals surface area contributed by atoms with Gasteiger partial charge in [0.05, 0.1) is 5.02 Å². The van der Waals surface area contributed by atoms with E-state index >= 15 is 0 Å². The number of hydrogen-bond donors (Lipinski definition) is 1. The average molecular weight is 296 g/mol. The smallest absolute Gasteiger partial charge is 0.375 e. The van der Waals surface area contributed by atoms with E-state index in [9.17, 15) is 9.59 Å². The van der Waals surface area contributed by atoms with Gasteiger partial charge in [-0.15, -0.1) is 0 Å². The Labute approximate surface area is 120 Å². The van der Waals surface area contributed by atoms with Gasteiger partial charge in [0, 0.05) is 17.5 Å². The molecular weight excluding hydrogens is 282 g/mol. The van der Waals surface area contributed by atoms with Crippen LogP contribution >= 0.6 is 11.6 Å². The molecule has 0 radical (unpaired) electrons. The van der Waals surface area contributed by atoms with Gasteiger partial charge in [0.1, 0.15) is 0 Å². The Balaban J connectivity index is 2.20. The lowest BCUT2D eigenvalue weighted by Crippen LogP contribution is -2.28. The van der Waals surface area contributed by atoms with E-state index in [0.29, 0.717) is 22.7 Å². The third-order valence-electron chi connectivity index (χ3n) is 2.81. The highest BCUT2D eigenvalue weighted by molar-refractivity contribution is 6.35. The maximum Gasteiger partial charge on any atom is 0.375 e. The summed E-state index contributed by atoms with van der Waals surface area (Å²) in [4.78, 5) is 23.2. The number of fused-ring (bicyclic) bond motifs is 1. The van der Waals surface area contributed by atoms with E-state index in [1.807, 2.05) is 0 Å². The van der Waals surface area contributed by atoms with Crippen LogP contribution in [0.2, 0.25) is 5.02 Å². The maximum absolute atomic E-state index is 11.9. The summed E-state index contributed by atoms with van der Waals surface area (Å²) in [6.07, 6.45) is 0. The number of rotatable bonds is 4. The molecule has 0 aliphatic rings. The molecule has 1 amide bonds. The van der Waals surface area contributed by atoms with Crippen LogP contribution in [0.1, 0.15) is 23.0 Å². The Morgan fingerprint density at radius 3 is 2.80 bits per heavy atom. The number of carbonyl (C=O) groups excluding carboxylic acids is 2. The molecule has 6 heteroatoms. The van der Waals surface area contributed by atoms with Gasteiger partial charge in [-0.2, -0.15) is 0 Å². The van der Waals surface area contributed by atoms with Crippen LogP contribution in [-0.4, -0.2) is 25.0 Å². The molecule has 0 unspecified atom stereocenters. The van der Waals surface area contributed by atoms with Crippen LogP contribution in [0.25, 0.3) is 11.0 Å². The van der Waals surface area contributed by atoms with E-state index in [1.54, 1.807) is 32.0 Å². The number of benzene rings is 1. The van der Waals surface area contributed by atoms with Crippen molar-refractivity contribution in [1.29, 1.82) is 0 Å². The number of likely N-dealkylation sites (N-methyl/N-ethyl adjacent to an activating group) is 1. The monoisotopic (exact) mass is 295 g/mol. The quantitative estimate of drug-likeness (QED) is 0.881. The van der Waals surface area contributed by atoms with Crippen molar-refractivity contribution in [1.82, 2.24) is 5.32 Å². The fourth-order valence-corrected chi connectivity index (χ4v) is 2.06. The summed E-state index contributed by atoms with van der Waals surface area (Å²) < 4.78 is 10.4. The van der Waals surface area contributed by atoms with E-state index in [0.717, 1.165) is 5.39 Å². The summed E-state index contributed by atoms with van der Waals surface area (Å²) in [5.41, 5.74) is 1.08. The highest BCUT2D eigenvalue weighted by Gasteiger charge is 2.20. The highest BCUT2D eigenvalue weighted by atomic mass is 35.5. The number of nitrogens with one attached hydrogen (secondary N) is 1. The summed E-state index contributed by atoms with van der Waals surface area (Å²) in [5, 5.41) is 3.71. The summed E-state index contributed by atoms with van der Waals surface area (Å²) in [7, 11) is 0. The van der Waals surface area contributed by atoms with E-state index in [2.05, 4.69) is 5.32 Å². The van der Waals surface area contributed by atoms with Crippen LogP contribution in [0.5, 0.6) is 0 Å². The minimum absolute atomic E-state index is 0.0670. The minimum Gasteiger partial charge on any atom is -0.450 e. The molecule has 20 heavy (non-hydrogen) atoms. The number of hydrogen-bond acceptors (Lipinski definition) is 4. The largest absolute Gasteiger partial charge is 0.450 e. The van der Waals surface area contributed by atoms with E-state index < -0.39 is 5.97 Å². The third-order valence-corrected chi connectivity index (χ3v) is 3.11. The zero-order valence-electron chi connectivity index (χ0n) is 11.2. The van der Waals surface area contributed by atoms with Crippen molar-refractivity contribution in [2.75, 3.05) is 13.2 Å². The molecule has 0 spiro atoms. The normalized spacial score (nSPS) is 10.6. The predicted octanol–water partition coefficient (Wildman–Crippen LogP) is 2.69. The molecular formula is C14H14ClNO4. The molecule has 0 fully saturated rings. The molecule has 1 aromatic heterocycles. The number of carbonyl (C=O) groups is 2. The van der Waals surface area contributed by atoms with E-state index in [-0.39, 0.29) is 18.3 Å². The van der Waals surface area contributed by atoms with Crippen molar-refractivity contribution in [3.05, 3.63) is 34.5 Å². The lowest BCUT2D eigenvalue weighted by atomic mass is 10.1. The van der Waals surface area contributed by atoms with E-state index in [1.165, 1.54) is 0 Å². The van der Waals surface area contributed by atoms with Crippen LogP contribution in [-0.2, 0) is 9.53 Å². The molecule has 0 saturated carbocycles. The number of esters is 1. The second kappa shape index (κ2) is 5.96. The number of para-hydroxylation sites is 1. The zero-order valence-corrected chi connectivity index (χ0v) is 11.9. The second-order valence-electron chi connectivity index (χ2n) is 4.20. The van der Waals surface area contributed by atoms with Crippen molar-refractivity contribution in [2.24, 2.45) is 0 Å². The molecule has 1 aromatic carbocycles. The van der Waals surface area contributed by atoms with Gasteiger partial charge in [-0.3, -0.25) is 4.79 Å². The van der Waals surface area contributed by atoms with Gasteiger partial charge < -0.3 is 14.5 Å². The molecule has 5 nitrogen and oxygen atoms in total. The third kappa shape index (κ3) is 2.77. The minimum atomic E-state index is -0.680. The summed E-state index contributed by atoms with van der Waals surface area (Å²) >= 11 is 6.01. The molecule has 1 heterocycles. The second-order valence-corrected chi connectivity index (χ2v) is 4.61. The first kappa shape index (κ1) is 14.4. The molecule has 0 saturated heterocycles. The average Bonchev–Trinajstić information content (AvgIpc) is 2.76. The molecule has 0 bridgehead atoms. The number of furan rings is 1. The molecule has 1 N–H and O–H groups in total. The zero-order chi connectivity index (χ0) is 14.7. The van der Waals surface area contributed by atoms with Crippen LogP contribution in [0, 0.1) is 6.92 Å². The molecule has 2 rings (SSSR count). The van der Waals surface area contributed by atoms with E-state index in [4.69, 9.17) is 20.8 Å². The standard InChI is InChI=1S/C14H14ClNO4/c1-3-16-11(17)7-19-14(18)12-8(2)9-5-4-6-10(15)13(9)20-12/h4-6H,3,7H2,1-2H3,(H,16,17). The molecule has 0 atom stereocenters. The number of ether oxygens (including phenoxy) is 1. The van der Waals surface area contributed by atoms with Crippen molar-refractivity contribution in [3.63, 3.8) is 0 Å². The first-order valence-electron chi connectivity index (χ1n) is 6.16. The maximum atomic E-state index is 11.9. The SMILES string of the molecule is CCNC(=O)COC(=O)c1oc2c(Cl)cccc2c1C. The van der Waals surface area contributed by atoms with Crippen molar-refractivity contribution in [3.8, 4) is 0 Å². The Kier molecular flexibility index (Phi) is 4.29. The number of halogens is 1. The van der Waals surface area contributed by atoms with Crippen LogP contribution in [0.15, 0.2) is 22.6 Å². The van der Waals surface area contributed by atoms with Gasteiger partial charge in [-0.25, -0.2) is 4.79 Å². The number of aryl methyl sites for hydroxylation is 1. The van der Waals surface area contributed by atoms with Gasteiger partial charge in [0.15, 0.2) is 12.2 Å². The molecule has 2 aromatic rings. The lowest BCUT2D eigenvalue weighted by molar-refractivity contribution is -0.124. The Bertz CT molecular complexity index is 662. The summed E-state index contributed by atoms with van der Waals surface area (Å²) in [5.74, 6) is -0.967. The van der Waals surface area contributed by atoms with Gasteiger partial charge >= 0.3 is 5.97 Å². The highest BCUT2D eigenvalue weighted by Crippen LogP contribution is 2.30. The molecule has 0 aliphatic carbocycles. The van der Waals surface area contributed by atoms with Crippen LogP contribution in [0.3, 0.4) is 0 Å². The van der Waals surface area contributed by atoms with Gasteiger partial charge in [0.25, 0.3) is 5.91 Å². The fraction of sp³-hybridized carbons (Fsp3) is 0.286. The predicted molar refractivity (Wildman–Crippen MR) is 74.9 cm³/mol. The van der Waals surface area contributed by atoms with Crippen LogP contribution < -0.4 is 5.32 Å². The summed E-state index contributed by atoms with van der Waals surface area (Å²) in [6, 6.07) is 5.26. The fourth-order valence-electron chi connectivity index (χ4n) is 1.85. The van der Waals surface area contributed by atoms with Gasteiger partial charge in [0.2, 0.25) is 5.76 Å². The first-order chi connectivity index (χ1) is 9.54. The Hall–Kier alpha value is -2.01. The van der Waals surface area contributed by atoms with Crippen molar-refractivity contribution < 1.29 is 18.7 Å². The van der Waals surface area contributed by atoms with Gasteiger partial charge in [-0.05, 0) is 19.9 Å². The van der Waals surface area contributed by atoms with Gasteiger partial charge in [-0.1, -0.05) is 23.7 Å². The topological polar surface area (TPSA) is 68.5 Å². The Morgan fingerprint density at radius 2 is 2.15 bits per heavy atom. The Morgan fingerprint density at radius 1 is 1.40 bits per heavy atom. The van der Waals surface area contributed by atoms with Crippen LogP contribution in [0.4, 0.5) is 0 Å². The lowest BCUT2D eigenvalue weighted by Gasteiger charge is -2.03. The van der Waals surface area contributed by atoms with Crippen molar-refractivity contribution in [2.45, 2.75) is 13.8 Å².